The summed E-state index contributed by atoms with van der Waals surface area (Å²) in [5.74, 6) is 0.727. The average Bonchev–Trinajstić information content (AvgIpc) is 2.92. The molecule has 1 aliphatic carbocycles. The smallest absolute Gasteiger partial charge is 0.248 e. The van der Waals surface area contributed by atoms with Crippen molar-refractivity contribution in [2.45, 2.75) is 51.2 Å². The predicted octanol–water partition coefficient (Wildman–Crippen LogP) is 2.28. The number of fused-ring (bicyclic) bond motifs is 3. The van der Waals surface area contributed by atoms with Crippen LogP contribution in [0, 0.1) is 0 Å². The first-order valence-electron chi connectivity index (χ1n) is 8.25. The maximum absolute atomic E-state index is 11.3. The molecule has 4 rings (SSSR count). The summed E-state index contributed by atoms with van der Waals surface area (Å²) in [4.78, 5) is 18.7. The number of primary amides is 1. The molecule has 1 fully saturated rings. The Hall–Kier alpha value is -1.88. The molecule has 5 heteroatoms. The van der Waals surface area contributed by atoms with Crippen molar-refractivity contribution in [3.05, 3.63) is 29.6 Å². The van der Waals surface area contributed by atoms with Gasteiger partial charge in [0.05, 0.1) is 17.6 Å². The summed E-state index contributed by atoms with van der Waals surface area (Å²) in [5, 5.41) is 0. The number of benzene rings is 1. The number of nitrogens with zero attached hydrogens (tertiary/aromatic N) is 3. The summed E-state index contributed by atoms with van der Waals surface area (Å²) in [6, 6.07) is 6.31. The van der Waals surface area contributed by atoms with E-state index >= 15 is 0 Å². The molecule has 1 aliphatic heterocycles. The van der Waals surface area contributed by atoms with Crippen LogP contribution in [0.5, 0.6) is 0 Å². The monoisotopic (exact) mass is 298 g/mol. The minimum Gasteiger partial charge on any atom is -0.366 e. The Morgan fingerprint density at radius 3 is 2.77 bits per heavy atom. The highest BCUT2D eigenvalue weighted by atomic mass is 16.1. The first kappa shape index (κ1) is 13.8. The predicted molar refractivity (Wildman–Crippen MR) is 85.5 cm³/mol. The summed E-state index contributed by atoms with van der Waals surface area (Å²) in [6.45, 7) is 3.00. The molecule has 0 bridgehead atoms. The fraction of sp³-hybridized carbons (Fsp3) is 0.529. The second-order valence-electron chi connectivity index (χ2n) is 6.51. The van der Waals surface area contributed by atoms with Crippen LogP contribution in [0.25, 0.3) is 11.0 Å². The van der Waals surface area contributed by atoms with E-state index in [1.165, 1.54) is 32.1 Å². The second kappa shape index (κ2) is 5.39. The Morgan fingerprint density at radius 1 is 1.18 bits per heavy atom. The van der Waals surface area contributed by atoms with Gasteiger partial charge in [-0.05, 0) is 31.0 Å². The molecular weight excluding hydrogens is 276 g/mol. The third-order valence-electron chi connectivity index (χ3n) is 5.16. The van der Waals surface area contributed by atoms with Gasteiger partial charge in [0.25, 0.3) is 0 Å². The molecule has 22 heavy (non-hydrogen) atoms. The van der Waals surface area contributed by atoms with Crippen LogP contribution in [0.3, 0.4) is 0 Å². The van der Waals surface area contributed by atoms with Gasteiger partial charge in [0.15, 0.2) is 0 Å². The summed E-state index contributed by atoms with van der Waals surface area (Å²) >= 11 is 0. The first-order valence-corrected chi connectivity index (χ1v) is 8.25. The lowest BCUT2D eigenvalue weighted by Gasteiger charge is -2.36. The molecule has 1 amide bonds. The number of rotatable bonds is 2. The number of amides is 1. The molecule has 2 aromatic rings. The Balaban J connectivity index is 1.64. The Morgan fingerprint density at radius 2 is 2.00 bits per heavy atom. The van der Waals surface area contributed by atoms with Crippen molar-refractivity contribution in [2.75, 3.05) is 6.54 Å². The van der Waals surface area contributed by atoms with Crippen LogP contribution in [0.15, 0.2) is 18.2 Å². The number of imidazole rings is 1. The third-order valence-corrected chi connectivity index (χ3v) is 5.16. The Kier molecular flexibility index (Phi) is 3.37. The number of carbonyl (C=O) groups is 1. The number of aromatic nitrogens is 2. The van der Waals surface area contributed by atoms with Crippen LogP contribution in [-0.4, -0.2) is 32.9 Å². The molecule has 0 spiro atoms. The fourth-order valence-corrected chi connectivity index (χ4v) is 3.95. The molecule has 2 N–H and O–H groups in total. The average molecular weight is 298 g/mol. The molecule has 1 aromatic carbocycles. The number of hydrogen-bond acceptors (Lipinski definition) is 3. The van der Waals surface area contributed by atoms with Crippen LogP contribution in [0.1, 0.15) is 48.3 Å². The molecule has 0 saturated heterocycles. The maximum atomic E-state index is 11.3. The molecule has 2 heterocycles. The van der Waals surface area contributed by atoms with Crippen LogP contribution < -0.4 is 5.73 Å². The van der Waals surface area contributed by atoms with E-state index < -0.39 is 5.91 Å². The first-order chi connectivity index (χ1) is 10.7. The van der Waals surface area contributed by atoms with E-state index in [1.807, 2.05) is 12.1 Å². The van der Waals surface area contributed by atoms with Crippen molar-refractivity contribution < 1.29 is 4.79 Å². The van der Waals surface area contributed by atoms with Crippen LogP contribution in [0.4, 0.5) is 0 Å². The largest absolute Gasteiger partial charge is 0.366 e. The molecule has 5 nitrogen and oxygen atoms in total. The zero-order chi connectivity index (χ0) is 15.1. The number of hydrogen-bond donors (Lipinski definition) is 1. The van der Waals surface area contributed by atoms with Crippen molar-refractivity contribution in [2.24, 2.45) is 5.73 Å². The van der Waals surface area contributed by atoms with Crippen LogP contribution in [-0.2, 0) is 13.1 Å². The Bertz CT molecular complexity index is 715. The summed E-state index contributed by atoms with van der Waals surface area (Å²) in [5.41, 5.74) is 7.90. The van der Waals surface area contributed by atoms with E-state index in [2.05, 4.69) is 9.47 Å². The van der Waals surface area contributed by atoms with Crippen molar-refractivity contribution in [3.63, 3.8) is 0 Å². The highest BCUT2D eigenvalue weighted by molar-refractivity contribution is 5.96. The molecule has 1 aromatic heterocycles. The zero-order valence-corrected chi connectivity index (χ0v) is 12.8. The SMILES string of the molecule is NC(=O)c1ccc2c(c1)nc1n2CCN(C2CCCCC2)C1. The van der Waals surface area contributed by atoms with Crippen molar-refractivity contribution in [1.82, 2.24) is 14.5 Å². The van der Waals surface area contributed by atoms with Gasteiger partial charge in [0.2, 0.25) is 5.91 Å². The summed E-state index contributed by atoms with van der Waals surface area (Å²) < 4.78 is 2.29. The molecular formula is C17H22N4O. The van der Waals surface area contributed by atoms with Gasteiger partial charge in [-0.25, -0.2) is 4.98 Å². The van der Waals surface area contributed by atoms with Gasteiger partial charge in [-0.15, -0.1) is 0 Å². The van der Waals surface area contributed by atoms with E-state index in [0.717, 1.165) is 42.5 Å². The summed E-state index contributed by atoms with van der Waals surface area (Å²) in [6.07, 6.45) is 6.76. The molecule has 0 atom stereocenters. The zero-order valence-electron chi connectivity index (χ0n) is 12.8. The molecule has 116 valence electrons. The molecule has 2 aliphatic rings. The number of carbonyl (C=O) groups excluding carboxylic acids is 1. The molecule has 1 saturated carbocycles. The lowest BCUT2D eigenvalue weighted by molar-refractivity contribution is 0.100. The highest BCUT2D eigenvalue weighted by Gasteiger charge is 2.26. The highest BCUT2D eigenvalue weighted by Crippen LogP contribution is 2.28. The number of nitrogens with two attached hydrogens (primary N) is 1. The standard InChI is InChI=1S/C17H22N4O/c18-17(22)12-6-7-15-14(10-12)19-16-11-20(8-9-21(15)16)13-4-2-1-3-5-13/h6-7,10,13H,1-5,8-9,11H2,(H2,18,22). The lowest BCUT2D eigenvalue weighted by atomic mass is 9.94. The minimum atomic E-state index is -0.392. The van der Waals surface area contributed by atoms with E-state index in [9.17, 15) is 4.79 Å². The lowest BCUT2D eigenvalue weighted by Crippen LogP contribution is -2.42. The summed E-state index contributed by atoms with van der Waals surface area (Å²) in [7, 11) is 0. The van der Waals surface area contributed by atoms with Crippen LogP contribution in [0.2, 0.25) is 0 Å². The van der Waals surface area contributed by atoms with Crippen molar-refractivity contribution in [3.8, 4) is 0 Å². The topological polar surface area (TPSA) is 64.2 Å². The van der Waals surface area contributed by atoms with Gasteiger partial charge in [0, 0.05) is 24.7 Å². The van der Waals surface area contributed by atoms with E-state index in [1.54, 1.807) is 6.07 Å². The van der Waals surface area contributed by atoms with E-state index in [-0.39, 0.29) is 0 Å². The molecule has 0 unspecified atom stereocenters. The van der Waals surface area contributed by atoms with Crippen molar-refractivity contribution >= 4 is 16.9 Å². The van der Waals surface area contributed by atoms with Gasteiger partial charge < -0.3 is 10.3 Å². The Labute approximate surface area is 130 Å². The second-order valence-corrected chi connectivity index (χ2v) is 6.51. The van der Waals surface area contributed by atoms with Gasteiger partial charge in [-0.2, -0.15) is 0 Å². The quantitative estimate of drug-likeness (QED) is 0.925. The maximum Gasteiger partial charge on any atom is 0.248 e. The van der Waals surface area contributed by atoms with Gasteiger partial charge >= 0.3 is 0 Å². The molecule has 0 radical (unpaired) electrons. The van der Waals surface area contributed by atoms with Crippen molar-refractivity contribution in [1.29, 1.82) is 0 Å². The third kappa shape index (κ3) is 2.29. The van der Waals surface area contributed by atoms with E-state index in [4.69, 9.17) is 10.7 Å². The van der Waals surface area contributed by atoms with Gasteiger partial charge in [0.1, 0.15) is 5.82 Å². The van der Waals surface area contributed by atoms with Crippen LogP contribution >= 0.6 is 0 Å². The van der Waals surface area contributed by atoms with Gasteiger partial charge in [-0.1, -0.05) is 19.3 Å². The normalized spacial score (nSPS) is 20.2. The minimum absolute atomic E-state index is 0.392. The fourth-order valence-electron chi connectivity index (χ4n) is 3.95. The van der Waals surface area contributed by atoms with Gasteiger partial charge in [-0.3, -0.25) is 9.69 Å². The van der Waals surface area contributed by atoms with E-state index in [0.29, 0.717) is 5.56 Å².